The van der Waals surface area contributed by atoms with Crippen LogP contribution in [0.25, 0.3) is 10.8 Å². The van der Waals surface area contributed by atoms with Gasteiger partial charge in [0.2, 0.25) is 0 Å². The molecule has 1 heterocycles. The van der Waals surface area contributed by atoms with Crippen molar-refractivity contribution in [3.05, 3.63) is 42.2 Å². The molecule has 0 amide bonds. The molecule has 0 aliphatic carbocycles. The summed E-state index contributed by atoms with van der Waals surface area (Å²) in [6.45, 7) is 3.99. The van der Waals surface area contributed by atoms with Crippen molar-refractivity contribution < 1.29 is 0 Å². The molecule has 2 nitrogen and oxygen atoms in total. The molecule has 0 unspecified atom stereocenters. The van der Waals surface area contributed by atoms with Gasteiger partial charge in [-0.15, -0.1) is 0 Å². The highest BCUT2D eigenvalue weighted by Crippen LogP contribution is 2.16. The van der Waals surface area contributed by atoms with Gasteiger partial charge >= 0.3 is 0 Å². The van der Waals surface area contributed by atoms with E-state index in [4.69, 9.17) is 0 Å². The summed E-state index contributed by atoms with van der Waals surface area (Å²) < 4.78 is 0. The van der Waals surface area contributed by atoms with Crippen LogP contribution in [0.5, 0.6) is 0 Å². The van der Waals surface area contributed by atoms with Gasteiger partial charge in [0.25, 0.3) is 0 Å². The van der Waals surface area contributed by atoms with E-state index >= 15 is 0 Å². The number of fused-ring (bicyclic) bond motifs is 1. The maximum Gasteiger partial charge on any atom is 0.0346 e. The van der Waals surface area contributed by atoms with E-state index in [0.29, 0.717) is 0 Å². The van der Waals surface area contributed by atoms with Crippen molar-refractivity contribution in [3.63, 3.8) is 0 Å². The molecule has 0 aliphatic heterocycles. The summed E-state index contributed by atoms with van der Waals surface area (Å²) in [5.41, 5.74) is 1.27. The van der Waals surface area contributed by atoms with Crippen LogP contribution >= 0.6 is 0 Å². The smallest absolute Gasteiger partial charge is 0.0346 e. The molecule has 2 aromatic rings. The first-order valence-corrected chi connectivity index (χ1v) is 4.94. The van der Waals surface area contributed by atoms with Crippen molar-refractivity contribution in [2.75, 3.05) is 6.54 Å². The van der Waals surface area contributed by atoms with Crippen LogP contribution in [0.2, 0.25) is 0 Å². The molecule has 0 atom stereocenters. The van der Waals surface area contributed by atoms with Crippen LogP contribution in [0.3, 0.4) is 0 Å². The fourth-order valence-corrected chi connectivity index (χ4v) is 1.58. The normalized spacial score (nSPS) is 10.6. The predicted octanol–water partition coefficient (Wildman–Crippen LogP) is 2.34. The molecule has 2 rings (SSSR count). The highest BCUT2D eigenvalue weighted by molar-refractivity contribution is 5.84. The molecule has 72 valence electrons. The summed E-state index contributed by atoms with van der Waals surface area (Å²) >= 11 is 0. The number of nitrogens with zero attached hydrogens (tertiary/aromatic N) is 1. The molecule has 0 radical (unpaired) electrons. The second-order valence-electron chi connectivity index (χ2n) is 3.30. The fourth-order valence-electron chi connectivity index (χ4n) is 1.58. The van der Waals surface area contributed by atoms with E-state index < -0.39 is 0 Å². The molecule has 2 heteroatoms. The molecule has 0 aliphatic rings. The van der Waals surface area contributed by atoms with Gasteiger partial charge < -0.3 is 5.32 Å². The zero-order chi connectivity index (χ0) is 9.80. The number of hydrogen-bond acceptors (Lipinski definition) is 2. The molecule has 0 fully saturated rings. The van der Waals surface area contributed by atoms with Crippen LogP contribution in [0.1, 0.15) is 12.5 Å². The van der Waals surface area contributed by atoms with E-state index in [9.17, 15) is 0 Å². The van der Waals surface area contributed by atoms with E-state index in [-0.39, 0.29) is 0 Å². The number of hydrogen-bond donors (Lipinski definition) is 1. The SMILES string of the molecule is CCNCc1cncc2ccccc12. The quantitative estimate of drug-likeness (QED) is 0.795. The van der Waals surface area contributed by atoms with E-state index in [2.05, 4.69) is 35.4 Å². The number of nitrogens with one attached hydrogen (secondary N) is 1. The summed E-state index contributed by atoms with van der Waals surface area (Å²) in [5, 5.41) is 5.82. The van der Waals surface area contributed by atoms with Crippen molar-refractivity contribution in [1.29, 1.82) is 0 Å². The van der Waals surface area contributed by atoms with Crippen molar-refractivity contribution in [1.82, 2.24) is 10.3 Å². The first kappa shape index (κ1) is 9.16. The highest BCUT2D eigenvalue weighted by Gasteiger charge is 1.98. The lowest BCUT2D eigenvalue weighted by atomic mass is 10.1. The number of aromatic nitrogens is 1. The van der Waals surface area contributed by atoms with Gasteiger partial charge in [-0.3, -0.25) is 4.98 Å². The van der Waals surface area contributed by atoms with Crippen LogP contribution in [0, 0.1) is 0 Å². The Balaban J connectivity index is 2.43. The molecule has 14 heavy (non-hydrogen) atoms. The van der Waals surface area contributed by atoms with Crippen molar-refractivity contribution in [2.45, 2.75) is 13.5 Å². The standard InChI is InChI=1S/C12H14N2/c1-2-13-8-11-9-14-7-10-5-3-4-6-12(10)11/h3-7,9,13H,2,8H2,1H3. The predicted molar refractivity (Wildman–Crippen MR) is 59.1 cm³/mol. The van der Waals surface area contributed by atoms with E-state index in [1.54, 1.807) is 0 Å². The van der Waals surface area contributed by atoms with E-state index in [0.717, 1.165) is 13.1 Å². The van der Waals surface area contributed by atoms with Crippen molar-refractivity contribution in [2.24, 2.45) is 0 Å². The summed E-state index contributed by atoms with van der Waals surface area (Å²) in [6, 6.07) is 8.35. The molecule has 1 aromatic heterocycles. The monoisotopic (exact) mass is 186 g/mol. The van der Waals surface area contributed by atoms with Gasteiger partial charge in [0.1, 0.15) is 0 Å². The fraction of sp³-hybridized carbons (Fsp3) is 0.250. The topological polar surface area (TPSA) is 24.9 Å². The molecule has 0 spiro atoms. The second-order valence-corrected chi connectivity index (χ2v) is 3.30. The van der Waals surface area contributed by atoms with Crippen LogP contribution in [0.4, 0.5) is 0 Å². The largest absolute Gasteiger partial charge is 0.313 e. The van der Waals surface area contributed by atoms with Gasteiger partial charge in [-0.2, -0.15) is 0 Å². The molecule has 1 aromatic carbocycles. The molecular formula is C12H14N2. The lowest BCUT2D eigenvalue weighted by Crippen LogP contribution is -2.12. The average Bonchev–Trinajstić information content (AvgIpc) is 2.26. The van der Waals surface area contributed by atoms with Gasteiger partial charge in [-0.25, -0.2) is 0 Å². The third kappa shape index (κ3) is 1.75. The first-order valence-electron chi connectivity index (χ1n) is 4.94. The van der Waals surface area contributed by atoms with Gasteiger partial charge in [0.05, 0.1) is 0 Å². The maximum atomic E-state index is 4.23. The molecule has 0 saturated heterocycles. The Morgan fingerprint density at radius 3 is 2.93 bits per heavy atom. The minimum absolute atomic E-state index is 0.894. The summed E-state index contributed by atoms with van der Waals surface area (Å²) in [7, 11) is 0. The van der Waals surface area contributed by atoms with E-state index in [1.807, 2.05) is 18.5 Å². The minimum Gasteiger partial charge on any atom is -0.313 e. The molecule has 1 N–H and O–H groups in total. The van der Waals surface area contributed by atoms with Gasteiger partial charge in [0.15, 0.2) is 0 Å². The van der Waals surface area contributed by atoms with Gasteiger partial charge in [-0.1, -0.05) is 31.2 Å². The zero-order valence-electron chi connectivity index (χ0n) is 8.33. The number of rotatable bonds is 3. The third-order valence-electron chi connectivity index (χ3n) is 2.32. The van der Waals surface area contributed by atoms with Gasteiger partial charge in [-0.05, 0) is 17.5 Å². The van der Waals surface area contributed by atoms with Crippen LogP contribution in [-0.4, -0.2) is 11.5 Å². The lowest BCUT2D eigenvalue weighted by molar-refractivity contribution is 0.728. The van der Waals surface area contributed by atoms with Crippen molar-refractivity contribution in [3.8, 4) is 0 Å². The number of benzene rings is 1. The summed E-state index contributed by atoms with van der Waals surface area (Å²) in [6.07, 6.45) is 3.84. The lowest BCUT2D eigenvalue weighted by Gasteiger charge is -2.05. The van der Waals surface area contributed by atoms with Crippen LogP contribution < -0.4 is 5.32 Å². The average molecular weight is 186 g/mol. The van der Waals surface area contributed by atoms with Gasteiger partial charge in [0, 0.05) is 24.3 Å². The Hall–Kier alpha value is -1.41. The Morgan fingerprint density at radius 1 is 1.21 bits per heavy atom. The van der Waals surface area contributed by atoms with E-state index in [1.165, 1.54) is 16.3 Å². The Labute approximate surface area is 84.0 Å². The highest BCUT2D eigenvalue weighted by atomic mass is 14.8. The van der Waals surface area contributed by atoms with Crippen molar-refractivity contribution >= 4 is 10.8 Å². The Kier molecular flexibility index (Phi) is 2.75. The second kappa shape index (κ2) is 4.20. The molecular weight excluding hydrogens is 172 g/mol. The summed E-state index contributed by atoms with van der Waals surface area (Å²) in [5.74, 6) is 0. The molecule has 0 saturated carbocycles. The Morgan fingerprint density at radius 2 is 2.07 bits per heavy atom. The minimum atomic E-state index is 0.894. The summed E-state index contributed by atoms with van der Waals surface area (Å²) in [4.78, 5) is 4.23. The van der Waals surface area contributed by atoms with Crippen LogP contribution in [0.15, 0.2) is 36.7 Å². The first-order chi connectivity index (χ1) is 6.92. The number of pyridine rings is 1. The van der Waals surface area contributed by atoms with Crippen LogP contribution in [-0.2, 0) is 6.54 Å². The maximum absolute atomic E-state index is 4.23. The zero-order valence-corrected chi connectivity index (χ0v) is 8.33. The third-order valence-corrected chi connectivity index (χ3v) is 2.32. The molecule has 0 bridgehead atoms. The Bertz CT molecular complexity index is 418.